The maximum Gasteiger partial charge on any atom is 0.246 e. The van der Waals surface area contributed by atoms with Crippen molar-refractivity contribution in [2.75, 3.05) is 13.1 Å². The molecule has 0 bridgehead atoms. The van der Waals surface area contributed by atoms with Gasteiger partial charge < -0.3 is 9.84 Å². The SMILES string of the molecule is CCN1C(=O)CC(NCCc2noc(C)n2)C1=O. The molecule has 98 valence electrons. The van der Waals surface area contributed by atoms with Crippen LogP contribution < -0.4 is 5.32 Å². The fraction of sp³-hybridized carbons (Fsp3) is 0.636. The number of imide groups is 1. The van der Waals surface area contributed by atoms with Gasteiger partial charge in [0.1, 0.15) is 0 Å². The summed E-state index contributed by atoms with van der Waals surface area (Å²) in [6, 6.07) is -0.412. The summed E-state index contributed by atoms with van der Waals surface area (Å²) in [6.07, 6.45) is 0.805. The van der Waals surface area contributed by atoms with E-state index in [1.54, 1.807) is 13.8 Å². The average molecular weight is 252 g/mol. The van der Waals surface area contributed by atoms with E-state index in [1.165, 1.54) is 4.90 Å². The zero-order chi connectivity index (χ0) is 13.1. The van der Waals surface area contributed by atoms with Crippen LogP contribution in [0.15, 0.2) is 4.52 Å². The van der Waals surface area contributed by atoms with Crippen LogP contribution in [0.3, 0.4) is 0 Å². The lowest BCUT2D eigenvalue weighted by molar-refractivity contribution is -0.138. The summed E-state index contributed by atoms with van der Waals surface area (Å²) >= 11 is 0. The number of nitrogens with one attached hydrogen (secondary N) is 1. The molecule has 0 radical (unpaired) electrons. The van der Waals surface area contributed by atoms with Gasteiger partial charge in [-0.1, -0.05) is 5.16 Å². The zero-order valence-electron chi connectivity index (χ0n) is 10.5. The van der Waals surface area contributed by atoms with E-state index in [-0.39, 0.29) is 18.2 Å². The van der Waals surface area contributed by atoms with Gasteiger partial charge in [0.2, 0.25) is 17.7 Å². The summed E-state index contributed by atoms with van der Waals surface area (Å²) in [5.74, 6) is 0.862. The van der Waals surface area contributed by atoms with Gasteiger partial charge in [0.05, 0.1) is 12.5 Å². The van der Waals surface area contributed by atoms with Gasteiger partial charge in [-0.2, -0.15) is 4.98 Å². The van der Waals surface area contributed by atoms with Gasteiger partial charge in [-0.15, -0.1) is 0 Å². The number of amides is 2. The Labute approximate surface area is 105 Å². The van der Waals surface area contributed by atoms with Crippen molar-refractivity contribution >= 4 is 11.8 Å². The number of hydrogen-bond acceptors (Lipinski definition) is 6. The molecule has 0 saturated carbocycles. The van der Waals surface area contributed by atoms with Crippen LogP contribution in [-0.4, -0.2) is 46.0 Å². The van der Waals surface area contributed by atoms with E-state index in [0.717, 1.165) is 0 Å². The third kappa shape index (κ3) is 2.56. The first-order valence-electron chi connectivity index (χ1n) is 5.98. The number of likely N-dealkylation sites (N-methyl/N-ethyl adjacent to an activating group) is 1. The Morgan fingerprint density at radius 3 is 2.83 bits per heavy atom. The molecule has 1 aromatic rings. The van der Waals surface area contributed by atoms with E-state index in [0.29, 0.717) is 31.2 Å². The van der Waals surface area contributed by atoms with Crippen LogP contribution in [-0.2, 0) is 16.0 Å². The van der Waals surface area contributed by atoms with E-state index in [1.807, 2.05) is 0 Å². The normalized spacial score (nSPS) is 19.9. The highest BCUT2D eigenvalue weighted by Gasteiger charge is 2.36. The Bertz CT molecular complexity index is 457. The zero-order valence-corrected chi connectivity index (χ0v) is 10.5. The van der Waals surface area contributed by atoms with Gasteiger partial charge in [-0.05, 0) is 6.92 Å². The summed E-state index contributed by atoms with van der Waals surface area (Å²) in [5, 5.41) is 6.81. The first kappa shape index (κ1) is 12.7. The van der Waals surface area contributed by atoms with Gasteiger partial charge in [0.15, 0.2) is 5.82 Å². The largest absolute Gasteiger partial charge is 0.340 e. The predicted molar refractivity (Wildman–Crippen MR) is 61.5 cm³/mol. The van der Waals surface area contributed by atoms with Crippen molar-refractivity contribution in [3.63, 3.8) is 0 Å². The highest BCUT2D eigenvalue weighted by molar-refractivity contribution is 6.05. The highest BCUT2D eigenvalue weighted by atomic mass is 16.5. The fourth-order valence-electron chi connectivity index (χ4n) is 1.98. The molecule has 1 unspecified atom stereocenters. The van der Waals surface area contributed by atoms with Crippen molar-refractivity contribution in [1.82, 2.24) is 20.4 Å². The fourth-order valence-corrected chi connectivity index (χ4v) is 1.98. The van der Waals surface area contributed by atoms with E-state index < -0.39 is 6.04 Å². The Kier molecular flexibility index (Phi) is 3.71. The molecule has 1 aromatic heterocycles. The molecular formula is C11H16N4O3. The maximum absolute atomic E-state index is 11.8. The molecule has 18 heavy (non-hydrogen) atoms. The minimum atomic E-state index is -0.412. The Balaban J connectivity index is 1.81. The van der Waals surface area contributed by atoms with Crippen LogP contribution in [0.5, 0.6) is 0 Å². The molecule has 0 aromatic carbocycles. The number of aryl methyl sites for hydroxylation is 1. The van der Waals surface area contributed by atoms with Gasteiger partial charge in [-0.25, -0.2) is 0 Å². The second-order valence-electron chi connectivity index (χ2n) is 4.17. The molecule has 1 N–H and O–H groups in total. The Hall–Kier alpha value is -1.76. The van der Waals surface area contributed by atoms with Crippen molar-refractivity contribution < 1.29 is 14.1 Å². The molecule has 0 spiro atoms. The lowest BCUT2D eigenvalue weighted by Crippen LogP contribution is -2.39. The topological polar surface area (TPSA) is 88.3 Å². The second-order valence-corrected chi connectivity index (χ2v) is 4.17. The Morgan fingerprint density at radius 2 is 2.28 bits per heavy atom. The molecule has 1 aliphatic heterocycles. The molecule has 7 nitrogen and oxygen atoms in total. The van der Waals surface area contributed by atoms with E-state index in [2.05, 4.69) is 15.5 Å². The molecule has 1 aliphatic rings. The minimum absolute atomic E-state index is 0.115. The molecule has 2 heterocycles. The van der Waals surface area contributed by atoms with Crippen LogP contribution in [0.4, 0.5) is 0 Å². The van der Waals surface area contributed by atoms with Crippen LogP contribution in [0, 0.1) is 6.92 Å². The number of nitrogens with zero attached hydrogens (tertiary/aromatic N) is 3. The van der Waals surface area contributed by atoms with Gasteiger partial charge in [0, 0.05) is 26.4 Å². The summed E-state index contributed by atoms with van der Waals surface area (Å²) < 4.78 is 4.84. The first-order valence-corrected chi connectivity index (χ1v) is 5.98. The van der Waals surface area contributed by atoms with Gasteiger partial charge in [-0.3, -0.25) is 14.5 Å². The smallest absolute Gasteiger partial charge is 0.246 e. The number of likely N-dealkylation sites (tertiary alicyclic amines) is 1. The molecule has 1 atom stereocenters. The molecular weight excluding hydrogens is 236 g/mol. The van der Waals surface area contributed by atoms with Crippen molar-refractivity contribution in [2.24, 2.45) is 0 Å². The molecule has 1 saturated heterocycles. The van der Waals surface area contributed by atoms with Crippen LogP contribution in [0.25, 0.3) is 0 Å². The van der Waals surface area contributed by atoms with Crippen molar-refractivity contribution in [3.05, 3.63) is 11.7 Å². The lowest BCUT2D eigenvalue weighted by atomic mass is 10.2. The average Bonchev–Trinajstić information content (AvgIpc) is 2.85. The number of carbonyl (C=O) groups is 2. The standard InChI is InChI=1S/C11H16N4O3/c1-3-15-10(16)6-8(11(15)17)12-5-4-9-13-7(2)18-14-9/h8,12H,3-6H2,1-2H3. The van der Waals surface area contributed by atoms with E-state index in [4.69, 9.17) is 4.52 Å². The summed E-state index contributed by atoms with van der Waals surface area (Å²) in [5.41, 5.74) is 0. The number of aromatic nitrogens is 2. The van der Waals surface area contributed by atoms with E-state index >= 15 is 0 Å². The molecule has 2 amide bonds. The van der Waals surface area contributed by atoms with Crippen molar-refractivity contribution in [2.45, 2.75) is 32.7 Å². The van der Waals surface area contributed by atoms with Crippen LogP contribution >= 0.6 is 0 Å². The molecule has 2 rings (SSSR count). The molecule has 0 aliphatic carbocycles. The van der Waals surface area contributed by atoms with Gasteiger partial charge >= 0.3 is 0 Å². The van der Waals surface area contributed by atoms with Gasteiger partial charge in [0.25, 0.3) is 0 Å². The summed E-state index contributed by atoms with van der Waals surface area (Å²) in [4.78, 5) is 28.6. The quantitative estimate of drug-likeness (QED) is 0.721. The third-order valence-electron chi connectivity index (χ3n) is 2.87. The van der Waals surface area contributed by atoms with Crippen LogP contribution in [0.2, 0.25) is 0 Å². The summed E-state index contributed by atoms with van der Waals surface area (Å²) in [6.45, 7) is 4.49. The first-order chi connectivity index (χ1) is 8.61. The maximum atomic E-state index is 11.8. The predicted octanol–water partition coefficient (Wildman–Crippen LogP) is -0.342. The van der Waals surface area contributed by atoms with Crippen LogP contribution in [0.1, 0.15) is 25.1 Å². The van der Waals surface area contributed by atoms with Crippen molar-refractivity contribution in [1.29, 1.82) is 0 Å². The second kappa shape index (κ2) is 5.26. The monoisotopic (exact) mass is 252 g/mol. The van der Waals surface area contributed by atoms with Crippen molar-refractivity contribution in [3.8, 4) is 0 Å². The number of hydrogen-bond donors (Lipinski definition) is 1. The molecule has 1 fully saturated rings. The molecule has 7 heteroatoms. The Morgan fingerprint density at radius 1 is 1.50 bits per heavy atom. The third-order valence-corrected chi connectivity index (χ3v) is 2.87. The lowest BCUT2D eigenvalue weighted by Gasteiger charge is -2.12. The summed E-state index contributed by atoms with van der Waals surface area (Å²) in [7, 11) is 0. The van der Waals surface area contributed by atoms with E-state index in [9.17, 15) is 9.59 Å². The highest BCUT2D eigenvalue weighted by Crippen LogP contribution is 2.12. The number of rotatable bonds is 5. The minimum Gasteiger partial charge on any atom is -0.340 e. The number of carbonyl (C=O) groups excluding carboxylic acids is 2.